The molecule has 1 fully saturated rings. The number of hydrogen-bond acceptors (Lipinski definition) is 3. The Bertz CT molecular complexity index is 461. The summed E-state index contributed by atoms with van der Waals surface area (Å²) in [6.45, 7) is 3.11. The molecule has 1 aliphatic heterocycles. The van der Waals surface area contributed by atoms with Crippen LogP contribution < -0.4 is 10.1 Å². The van der Waals surface area contributed by atoms with Gasteiger partial charge in [0, 0.05) is 12.5 Å². The zero-order chi connectivity index (χ0) is 13.8. The van der Waals surface area contributed by atoms with Crippen molar-refractivity contribution in [2.24, 2.45) is 5.92 Å². The van der Waals surface area contributed by atoms with E-state index in [0.29, 0.717) is 18.1 Å². The fourth-order valence-electron chi connectivity index (χ4n) is 2.65. The molecule has 1 N–H and O–H groups in total. The number of methoxy groups -OCH3 is 1. The van der Waals surface area contributed by atoms with Gasteiger partial charge in [0.05, 0.1) is 12.7 Å². The van der Waals surface area contributed by atoms with Gasteiger partial charge in [0.25, 0.3) is 0 Å². The Morgan fingerprint density at radius 3 is 3.00 bits per heavy atom. The number of carbonyl (C=O) groups excluding carboxylic acids is 1. The van der Waals surface area contributed by atoms with Crippen molar-refractivity contribution in [3.63, 3.8) is 0 Å². The summed E-state index contributed by atoms with van der Waals surface area (Å²) in [5.74, 6) is 0.227. The molecule has 1 aliphatic rings. The first-order valence-electron chi connectivity index (χ1n) is 6.71. The molecule has 0 amide bonds. The third-order valence-corrected chi connectivity index (χ3v) is 3.66. The minimum absolute atomic E-state index is 0.0741. The summed E-state index contributed by atoms with van der Waals surface area (Å²) in [5.41, 5.74) is 0.0741. The third kappa shape index (κ3) is 3.32. The molecular weight excluding hydrogens is 245 g/mol. The summed E-state index contributed by atoms with van der Waals surface area (Å²) in [6, 6.07) is 4.60. The fraction of sp³-hybridized carbons (Fsp3) is 0.533. The molecule has 2 unspecified atom stereocenters. The van der Waals surface area contributed by atoms with E-state index in [1.807, 2.05) is 0 Å². The van der Waals surface area contributed by atoms with Crippen molar-refractivity contribution < 1.29 is 13.9 Å². The predicted molar refractivity (Wildman–Crippen MR) is 72.1 cm³/mol. The van der Waals surface area contributed by atoms with E-state index in [4.69, 9.17) is 4.74 Å². The van der Waals surface area contributed by atoms with E-state index in [9.17, 15) is 9.18 Å². The maximum Gasteiger partial charge on any atom is 0.171 e. The lowest BCUT2D eigenvalue weighted by molar-refractivity contribution is 0.0951. The summed E-state index contributed by atoms with van der Waals surface area (Å²) >= 11 is 0. The highest BCUT2D eigenvalue weighted by Crippen LogP contribution is 2.25. The number of halogens is 1. The summed E-state index contributed by atoms with van der Waals surface area (Å²) in [6.07, 6.45) is 2.41. The van der Waals surface area contributed by atoms with Gasteiger partial charge in [0.15, 0.2) is 5.78 Å². The molecule has 4 heteroatoms. The summed E-state index contributed by atoms with van der Waals surface area (Å²) in [5, 5.41) is 3.32. The molecule has 0 bridgehead atoms. The second kappa shape index (κ2) is 6.15. The Morgan fingerprint density at radius 1 is 1.53 bits per heavy atom. The Balaban J connectivity index is 2.11. The number of ether oxygens (including phenoxy) is 1. The zero-order valence-corrected chi connectivity index (χ0v) is 11.4. The van der Waals surface area contributed by atoms with Crippen molar-refractivity contribution in [2.75, 3.05) is 13.7 Å². The number of piperidine rings is 1. The van der Waals surface area contributed by atoms with Gasteiger partial charge in [0.1, 0.15) is 11.6 Å². The molecule has 2 atom stereocenters. The number of Topliss-reactive ketones (excluding diaryl/α,β-unsaturated/α-hetero) is 1. The van der Waals surface area contributed by atoms with E-state index in [-0.39, 0.29) is 17.4 Å². The minimum atomic E-state index is -0.506. The number of nitrogens with one attached hydrogen (secondary N) is 1. The molecule has 1 saturated heterocycles. The fourth-order valence-corrected chi connectivity index (χ4v) is 2.65. The van der Waals surface area contributed by atoms with Crippen LogP contribution in [0.3, 0.4) is 0 Å². The van der Waals surface area contributed by atoms with E-state index >= 15 is 0 Å². The van der Waals surface area contributed by atoms with Gasteiger partial charge in [0.2, 0.25) is 0 Å². The minimum Gasteiger partial charge on any atom is -0.496 e. The predicted octanol–water partition coefficient (Wildman–Crippen LogP) is 2.80. The van der Waals surface area contributed by atoms with Crippen molar-refractivity contribution in [3.05, 3.63) is 29.6 Å². The maximum atomic E-state index is 13.8. The molecule has 1 aromatic rings. The van der Waals surface area contributed by atoms with Crippen molar-refractivity contribution in [3.8, 4) is 5.75 Å². The molecule has 19 heavy (non-hydrogen) atoms. The number of carbonyl (C=O) groups is 1. The molecule has 104 valence electrons. The van der Waals surface area contributed by atoms with Crippen LogP contribution in [0.2, 0.25) is 0 Å². The first-order chi connectivity index (χ1) is 9.11. The van der Waals surface area contributed by atoms with Crippen LogP contribution in [0.25, 0.3) is 0 Å². The second-order valence-electron chi connectivity index (χ2n) is 5.22. The first-order valence-corrected chi connectivity index (χ1v) is 6.71. The zero-order valence-electron chi connectivity index (χ0n) is 11.4. The Kier molecular flexibility index (Phi) is 4.53. The molecule has 0 aromatic heterocycles. The van der Waals surface area contributed by atoms with Gasteiger partial charge in [-0.15, -0.1) is 0 Å². The highest BCUT2D eigenvalue weighted by atomic mass is 19.1. The van der Waals surface area contributed by atoms with Gasteiger partial charge in [-0.3, -0.25) is 4.79 Å². The van der Waals surface area contributed by atoms with Crippen molar-refractivity contribution in [2.45, 2.75) is 32.2 Å². The van der Waals surface area contributed by atoms with Crippen LogP contribution in [0.15, 0.2) is 18.2 Å². The van der Waals surface area contributed by atoms with Crippen LogP contribution in [0.4, 0.5) is 4.39 Å². The van der Waals surface area contributed by atoms with Crippen LogP contribution in [0, 0.1) is 11.7 Å². The SMILES string of the molecule is COc1cccc(F)c1C(=O)CC1CC(C)CCN1. The van der Waals surface area contributed by atoms with Gasteiger partial charge in [-0.25, -0.2) is 4.39 Å². The average Bonchev–Trinajstić information content (AvgIpc) is 2.38. The third-order valence-electron chi connectivity index (χ3n) is 3.66. The number of ketones is 1. The smallest absolute Gasteiger partial charge is 0.171 e. The first kappa shape index (κ1) is 14.0. The lowest BCUT2D eigenvalue weighted by atomic mass is 9.90. The van der Waals surface area contributed by atoms with Gasteiger partial charge < -0.3 is 10.1 Å². The molecule has 0 radical (unpaired) electrons. The molecule has 1 aromatic carbocycles. The van der Waals surface area contributed by atoms with Crippen LogP contribution in [0.5, 0.6) is 5.75 Å². The number of benzene rings is 1. The molecule has 0 saturated carbocycles. The van der Waals surface area contributed by atoms with Crippen molar-refractivity contribution in [1.82, 2.24) is 5.32 Å². The van der Waals surface area contributed by atoms with E-state index in [1.165, 1.54) is 13.2 Å². The molecule has 2 rings (SSSR count). The average molecular weight is 265 g/mol. The molecule has 0 spiro atoms. The van der Waals surface area contributed by atoms with Crippen LogP contribution in [-0.2, 0) is 0 Å². The van der Waals surface area contributed by atoms with E-state index in [1.54, 1.807) is 12.1 Å². The normalized spacial score (nSPS) is 23.1. The summed E-state index contributed by atoms with van der Waals surface area (Å²) in [4.78, 5) is 12.3. The van der Waals surface area contributed by atoms with Gasteiger partial charge >= 0.3 is 0 Å². The monoisotopic (exact) mass is 265 g/mol. The quantitative estimate of drug-likeness (QED) is 0.851. The topological polar surface area (TPSA) is 38.3 Å². The maximum absolute atomic E-state index is 13.8. The Hall–Kier alpha value is -1.42. The lowest BCUT2D eigenvalue weighted by Crippen LogP contribution is -2.38. The van der Waals surface area contributed by atoms with Crippen molar-refractivity contribution in [1.29, 1.82) is 0 Å². The largest absolute Gasteiger partial charge is 0.496 e. The molecular formula is C15H20FNO2. The standard InChI is InChI=1S/C15H20FNO2/c1-10-6-7-17-11(8-10)9-13(18)15-12(16)4-3-5-14(15)19-2/h3-5,10-11,17H,6-9H2,1-2H3. The number of rotatable bonds is 4. The van der Waals surface area contributed by atoms with Gasteiger partial charge in [-0.05, 0) is 37.4 Å². The van der Waals surface area contributed by atoms with E-state index in [0.717, 1.165) is 19.4 Å². The second-order valence-corrected chi connectivity index (χ2v) is 5.22. The van der Waals surface area contributed by atoms with Crippen LogP contribution >= 0.6 is 0 Å². The lowest BCUT2D eigenvalue weighted by Gasteiger charge is -2.27. The molecule has 3 nitrogen and oxygen atoms in total. The molecule has 0 aliphatic carbocycles. The van der Waals surface area contributed by atoms with Crippen LogP contribution in [-0.4, -0.2) is 25.5 Å². The Morgan fingerprint density at radius 2 is 2.32 bits per heavy atom. The highest BCUT2D eigenvalue weighted by molar-refractivity contribution is 5.99. The summed E-state index contributed by atoms with van der Waals surface area (Å²) < 4.78 is 18.9. The van der Waals surface area contributed by atoms with E-state index in [2.05, 4.69) is 12.2 Å². The summed E-state index contributed by atoms with van der Waals surface area (Å²) in [7, 11) is 1.45. The number of hydrogen-bond donors (Lipinski definition) is 1. The van der Waals surface area contributed by atoms with E-state index < -0.39 is 5.82 Å². The Labute approximate surface area is 113 Å². The highest BCUT2D eigenvalue weighted by Gasteiger charge is 2.24. The van der Waals surface area contributed by atoms with Gasteiger partial charge in [-0.1, -0.05) is 13.0 Å². The molecule has 1 heterocycles. The van der Waals surface area contributed by atoms with Gasteiger partial charge in [-0.2, -0.15) is 0 Å². The van der Waals surface area contributed by atoms with Crippen molar-refractivity contribution >= 4 is 5.78 Å². The van der Waals surface area contributed by atoms with Crippen LogP contribution in [0.1, 0.15) is 36.5 Å².